The molecule has 0 aromatic rings. The van der Waals surface area contributed by atoms with Crippen molar-refractivity contribution in [2.24, 2.45) is 17.8 Å². The molecule has 0 radical (unpaired) electrons. The zero-order valence-electron chi connectivity index (χ0n) is 9.95. The molecule has 0 spiro atoms. The van der Waals surface area contributed by atoms with Crippen LogP contribution in [0.1, 0.15) is 51.9 Å². The third-order valence-electron chi connectivity index (χ3n) is 3.94. The summed E-state index contributed by atoms with van der Waals surface area (Å²) in [6.45, 7) is 6.23. The third kappa shape index (κ3) is 4.46. The lowest BCUT2D eigenvalue weighted by Gasteiger charge is -2.31. The zero-order chi connectivity index (χ0) is 11.1. The molecular weight excluding hydrogens is 200 g/mol. The molecule has 1 atom stereocenters. The Bertz CT molecular complexity index is 190. The van der Waals surface area contributed by atoms with Gasteiger partial charge in [0.2, 0.25) is 0 Å². The van der Waals surface area contributed by atoms with E-state index in [-0.39, 0.29) is 0 Å². The molecular formula is C14H24S. The van der Waals surface area contributed by atoms with E-state index in [9.17, 15) is 0 Å². The summed E-state index contributed by atoms with van der Waals surface area (Å²) in [5, 5.41) is 1.89. The average Bonchev–Trinajstić information content (AvgIpc) is 2.27. The zero-order valence-corrected chi connectivity index (χ0v) is 10.8. The van der Waals surface area contributed by atoms with Crippen LogP contribution in [0.25, 0.3) is 0 Å². The van der Waals surface area contributed by atoms with Gasteiger partial charge in [0.1, 0.15) is 0 Å². The number of thiocarbonyl (C=S) groups is 1. The highest BCUT2D eigenvalue weighted by molar-refractivity contribution is 7.78. The fourth-order valence-corrected chi connectivity index (χ4v) is 2.93. The van der Waals surface area contributed by atoms with Gasteiger partial charge in [0.05, 0.1) is 0 Å². The van der Waals surface area contributed by atoms with Gasteiger partial charge in [0.25, 0.3) is 0 Å². The first kappa shape index (κ1) is 12.9. The molecule has 0 aliphatic heterocycles. The van der Waals surface area contributed by atoms with E-state index in [1.807, 2.05) is 5.37 Å². The van der Waals surface area contributed by atoms with Crippen LogP contribution >= 0.6 is 12.2 Å². The van der Waals surface area contributed by atoms with Gasteiger partial charge in [-0.3, -0.25) is 0 Å². The molecule has 1 unspecified atom stereocenters. The summed E-state index contributed by atoms with van der Waals surface area (Å²) in [5.41, 5.74) is 0. The first-order valence-corrected chi connectivity index (χ1v) is 6.79. The van der Waals surface area contributed by atoms with E-state index < -0.39 is 0 Å². The number of hydrogen-bond acceptors (Lipinski definition) is 1. The molecule has 0 nitrogen and oxygen atoms in total. The molecule has 15 heavy (non-hydrogen) atoms. The summed E-state index contributed by atoms with van der Waals surface area (Å²) in [7, 11) is 0. The second kappa shape index (κ2) is 7.16. The first-order chi connectivity index (χ1) is 7.27. The molecule has 0 N–H and O–H groups in total. The van der Waals surface area contributed by atoms with Gasteiger partial charge in [0.15, 0.2) is 0 Å². The lowest BCUT2D eigenvalue weighted by atomic mass is 9.74. The Hall–Kier alpha value is -0.170. The minimum Gasteiger partial charge on any atom is -0.103 e. The molecule has 1 rings (SSSR count). The molecule has 0 saturated heterocycles. The molecule has 0 heterocycles. The van der Waals surface area contributed by atoms with Crippen molar-refractivity contribution in [2.45, 2.75) is 51.9 Å². The Morgan fingerprint density at radius 1 is 1.33 bits per heavy atom. The van der Waals surface area contributed by atoms with E-state index in [4.69, 9.17) is 12.2 Å². The van der Waals surface area contributed by atoms with Crippen molar-refractivity contribution in [3.8, 4) is 0 Å². The molecule has 0 bridgehead atoms. The van der Waals surface area contributed by atoms with Crippen LogP contribution in [0.2, 0.25) is 0 Å². The van der Waals surface area contributed by atoms with Crippen LogP contribution in [0.5, 0.6) is 0 Å². The molecule has 0 aromatic heterocycles. The highest BCUT2D eigenvalue weighted by atomic mass is 32.1. The second-order valence-electron chi connectivity index (χ2n) is 5.03. The molecule has 86 valence electrons. The van der Waals surface area contributed by atoms with Gasteiger partial charge in [-0.15, -0.1) is 6.58 Å². The summed E-state index contributed by atoms with van der Waals surface area (Å²) in [6.07, 6.45) is 11.4. The summed E-state index contributed by atoms with van der Waals surface area (Å²) in [4.78, 5) is 0. The van der Waals surface area contributed by atoms with E-state index in [1.54, 1.807) is 0 Å². The van der Waals surface area contributed by atoms with Crippen LogP contribution in [0.15, 0.2) is 12.7 Å². The minimum absolute atomic E-state index is 0.869. The van der Waals surface area contributed by atoms with Crippen molar-refractivity contribution >= 4 is 17.6 Å². The summed E-state index contributed by atoms with van der Waals surface area (Å²) >= 11 is 4.89. The van der Waals surface area contributed by atoms with Crippen LogP contribution in [0.3, 0.4) is 0 Å². The standard InChI is InChI=1S/C14H24S/c1-3-5-13-7-9-14(10-8-13)12(2)6-4-11-15/h3,11-14H,1,4-10H2,2H3. The summed E-state index contributed by atoms with van der Waals surface area (Å²) in [5.74, 6) is 2.76. The van der Waals surface area contributed by atoms with Gasteiger partial charge < -0.3 is 0 Å². The second-order valence-corrected chi connectivity index (χ2v) is 5.36. The highest BCUT2D eigenvalue weighted by Crippen LogP contribution is 2.36. The largest absolute Gasteiger partial charge is 0.103 e. The Morgan fingerprint density at radius 2 is 2.00 bits per heavy atom. The normalized spacial score (nSPS) is 28.3. The quantitative estimate of drug-likeness (QED) is 0.462. The third-order valence-corrected chi connectivity index (χ3v) is 4.17. The van der Waals surface area contributed by atoms with Crippen molar-refractivity contribution in [3.05, 3.63) is 12.7 Å². The Morgan fingerprint density at radius 3 is 2.53 bits per heavy atom. The number of hydrogen-bond donors (Lipinski definition) is 0. The molecule has 1 heteroatoms. The lowest BCUT2D eigenvalue weighted by Crippen LogP contribution is -2.20. The molecule has 0 amide bonds. The summed E-state index contributed by atoms with van der Waals surface area (Å²) < 4.78 is 0. The lowest BCUT2D eigenvalue weighted by molar-refractivity contribution is 0.209. The van der Waals surface area contributed by atoms with E-state index >= 15 is 0 Å². The first-order valence-electron chi connectivity index (χ1n) is 6.32. The minimum atomic E-state index is 0.869. The Kier molecular flexibility index (Phi) is 6.16. The average molecular weight is 224 g/mol. The van der Waals surface area contributed by atoms with Crippen LogP contribution < -0.4 is 0 Å². The summed E-state index contributed by atoms with van der Waals surface area (Å²) in [6, 6.07) is 0. The van der Waals surface area contributed by atoms with E-state index in [0.717, 1.165) is 24.2 Å². The van der Waals surface area contributed by atoms with E-state index in [0.29, 0.717) is 0 Å². The molecule has 1 fully saturated rings. The van der Waals surface area contributed by atoms with Gasteiger partial charge in [-0.2, -0.15) is 0 Å². The van der Waals surface area contributed by atoms with Crippen molar-refractivity contribution < 1.29 is 0 Å². The van der Waals surface area contributed by atoms with Crippen molar-refractivity contribution in [2.75, 3.05) is 0 Å². The molecule has 1 saturated carbocycles. The number of allylic oxidation sites excluding steroid dienone is 1. The predicted octanol–water partition coefficient (Wildman–Crippen LogP) is 4.78. The van der Waals surface area contributed by atoms with Crippen molar-refractivity contribution in [3.63, 3.8) is 0 Å². The monoisotopic (exact) mass is 224 g/mol. The Labute approximate surface area is 100 Å². The maximum Gasteiger partial charge on any atom is -0.0210 e. The van der Waals surface area contributed by atoms with Gasteiger partial charge in [0, 0.05) is 0 Å². The van der Waals surface area contributed by atoms with E-state index in [2.05, 4.69) is 19.6 Å². The molecule has 0 aromatic carbocycles. The SMILES string of the molecule is C=CCC1CCC(C(C)CCC=S)CC1. The van der Waals surface area contributed by atoms with Gasteiger partial charge in [-0.25, -0.2) is 0 Å². The predicted molar refractivity (Wildman–Crippen MR) is 72.3 cm³/mol. The fraction of sp³-hybridized carbons (Fsp3) is 0.786. The Balaban J connectivity index is 2.23. The topological polar surface area (TPSA) is 0 Å². The van der Waals surface area contributed by atoms with Gasteiger partial charge in [-0.05, 0) is 68.1 Å². The fourth-order valence-electron chi connectivity index (χ4n) is 2.80. The van der Waals surface area contributed by atoms with Gasteiger partial charge in [-0.1, -0.05) is 25.2 Å². The maximum atomic E-state index is 4.89. The highest BCUT2D eigenvalue weighted by Gasteiger charge is 2.23. The number of rotatable bonds is 6. The maximum absolute atomic E-state index is 4.89. The van der Waals surface area contributed by atoms with Crippen LogP contribution in [-0.4, -0.2) is 5.37 Å². The van der Waals surface area contributed by atoms with Crippen LogP contribution in [-0.2, 0) is 0 Å². The molecule has 1 aliphatic rings. The van der Waals surface area contributed by atoms with Gasteiger partial charge >= 0.3 is 0 Å². The van der Waals surface area contributed by atoms with E-state index in [1.165, 1.54) is 38.5 Å². The molecule has 1 aliphatic carbocycles. The van der Waals surface area contributed by atoms with Crippen molar-refractivity contribution in [1.29, 1.82) is 0 Å². The van der Waals surface area contributed by atoms with Crippen LogP contribution in [0.4, 0.5) is 0 Å². The van der Waals surface area contributed by atoms with Crippen molar-refractivity contribution in [1.82, 2.24) is 0 Å². The van der Waals surface area contributed by atoms with Crippen LogP contribution in [0, 0.1) is 17.8 Å². The smallest absolute Gasteiger partial charge is 0.0210 e.